The van der Waals surface area contributed by atoms with Crippen LogP contribution in [0.3, 0.4) is 0 Å². The molecule has 3 rings (SSSR count). The van der Waals surface area contributed by atoms with Gasteiger partial charge in [0.2, 0.25) is 11.0 Å². The number of rotatable bonds is 7. The minimum atomic E-state index is -0.736. The summed E-state index contributed by atoms with van der Waals surface area (Å²) in [6, 6.07) is 12.9. The lowest BCUT2D eigenvalue weighted by atomic mass is 10.2. The van der Waals surface area contributed by atoms with Crippen LogP contribution in [0.4, 0.5) is 15.2 Å². The molecule has 1 aromatic heterocycles. The SMILES string of the molecule is COc1ccccc1Nc1nnc(SCC(=O)NNC(=O)c2ccccc2F)s1. The van der Waals surface area contributed by atoms with E-state index in [-0.39, 0.29) is 11.3 Å². The Morgan fingerprint density at radius 3 is 2.66 bits per heavy atom. The number of benzene rings is 2. The second kappa shape index (κ2) is 9.85. The molecule has 0 aliphatic rings. The number of ether oxygens (including phenoxy) is 1. The number of carbonyl (C=O) groups is 2. The first-order valence-electron chi connectivity index (χ1n) is 8.27. The number of anilines is 2. The highest BCUT2D eigenvalue weighted by Crippen LogP contribution is 2.31. The second-order valence-corrected chi connectivity index (χ2v) is 7.67. The summed E-state index contributed by atoms with van der Waals surface area (Å²) < 4.78 is 19.4. The minimum Gasteiger partial charge on any atom is -0.495 e. The molecule has 8 nitrogen and oxygen atoms in total. The van der Waals surface area contributed by atoms with E-state index in [4.69, 9.17) is 4.74 Å². The number of methoxy groups -OCH3 is 1. The van der Waals surface area contributed by atoms with Gasteiger partial charge in [0.05, 0.1) is 24.1 Å². The Hall–Kier alpha value is -3.18. The Balaban J connectivity index is 1.47. The van der Waals surface area contributed by atoms with Crippen molar-refractivity contribution in [2.45, 2.75) is 4.34 Å². The van der Waals surface area contributed by atoms with Gasteiger partial charge in [-0.05, 0) is 24.3 Å². The van der Waals surface area contributed by atoms with Gasteiger partial charge in [0, 0.05) is 0 Å². The summed E-state index contributed by atoms with van der Waals surface area (Å²) in [6.07, 6.45) is 0. The lowest BCUT2D eigenvalue weighted by Crippen LogP contribution is -2.42. The van der Waals surface area contributed by atoms with Gasteiger partial charge in [-0.25, -0.2) is 4.39 Å². The number of nitrogens with zero attached hydrogens (tertiary/aromatic N) is 2. The zero-order valence-corrected chi connectivity index (χ0v) is 16.8. The van der Waals surface area contributed by atoms with Gasteiger partial charge in [0.1, 0.15) is 11.6 Å². The van der Waals surface area contributed by atoms with Crippen molar-refractivity contribution in [3.63, 3.8) is 0 Å². The average molecular weight is 433 g/mol. The van der Waals surface area contributed by atoms with E-state index < -0.39 is 17.6 Å². The van der Waals surface area contributed by atoms with Gasteiger partial charge in [-0.3, -0.25) is 20.4 Å². The van der Waals surface area contributed by atoms with Crippen molar-refractivity contribution in [2.24, 2.45) is 0 Å². The standard InChI is InChI=1S/C18H16FN5O3S2/c1-27-14-9-5-4-8-13(14)20-17-23-24-18(29-17)28-10-15(25)21-22-16(26)11-6-2-3-7-12(11)19/h2-9H,10H2,1H3,(H,20,23)(H,21,25)(H,22,26). The summed E-state index contributed by atoms with van der Waals surface area (Å²) in [6.45, 7) is 0. The van der Waals surface area contributed by atoms with Crippen LogP contribution in [0.15, 0.2) is 52.9 Å². The number of nitrogens with one attached hydrogen (secondary N) is 3. The Morgan fingerprint density at radius 1 is 1.10 bits per heavy atom. The fraction of sp³-hybridized carbons (Fsp3) is 0.111. The van der Waals surface area contributed by atoms with E-state index in [1.54, 1.807) is 7.11 Å². The molecule has 0 fully saturated rings. The molecule has 29 heavy (non-hydrogen) atoms. The number of para-hydroxylation sites is 2. The number of amides is 2. The fourth-order valence-electron chi connectivity index (χ4n) is 2.18. The first-order valence-corrected chi connectivity index (χ1v) is 10.1. The maximum atomic E-state index is 13.5. The molecule has 3 aromatic rings. The van der Waals surface area contributed by atoms with E-state index in [0.29, 0.717) is 15.2 Å². The molecule has 0 spiro atoms. The van der Waals surface area contributed by atoms with Gasteiger partial charge >= 0.3 is 0 Å². The smallest absolute Gasteiger partial charge is 0.272 e. The molecule has 2 amide bonds. The summed E-state index contributed by atoms with van der Waals surface area (Å²) in [5, 5.41) is 11.7. The molecule has 11 heteroatoms. The third kappa shape index (κ3) is 5.65. The Kier molecular flexibility index (Phi) is 6.98. The van der Waals surface area contributed by atoms with Gasteiger partial charge in [0.15, 0.2) is 4.34 Å². The predicted octanol–water partition coefficient (Wildman–Crippen LogP) is 2.98. The second-order valence-electron chi connectivity index (χ2n) is 5.47. The van der Waals surface area contributed by atoms with Gasteiger partial charge in [-0.1, -0.05) is 47.4 Å². The normalized spacial score (nSPS) is 10.3. The van der Waals surface area contributed by atoms with Crippen LogP contribution in [0.2, 0.25) is 0 Å². The van der Waals surface area contributed by atoms with Crippen molar-refractivity contribution in [3.05, 3.63) is 59.9 Å². The first-order chi connectivity index (χ1) is 14.1. The molecule has 0 saturated carbocycles. The monoisotopic (exact) mass is 433 g/mol. The van der Waals surface area contributed by atoms with Crippen molar-refractivity contribution in [2.75, 3.05) is 18.2 Å². The van der Waals surface area contributed by atoms with Crippen molar-refractivity contribution in [1.29, 1.82) is 0 Å². The number of hydrogen-bond donors (Lipinski definition) is 3. The highest BCUT2D eigenvalue weighted by atomic mass is 32.2. The van der Waals surface area contributed by atoms with E-state index in [2.05, 4.69) is 26.4 Å². The molecular formula is C18H16FN5O3S2. The molecule has 0 atom stereocenters. The fourth-order valence-corrected chi connectivity index (χ4v) is 3.75. The van der Waals surface area contributed by atoms with Crippen molar-refractivity contribution < 1.29 is 18.7 Å². The maximum absolute atomic E-state index is 13.5. The number of halogens is 1. The van der Waals surface area contributed by atoms with Crippen LogP contribution in [0.25, 0.3) is 0 Å². The molecular weight excluding hydrogens is 417 g/mol. The average Bonchev–Trinajstić information content (AvgIpc) is 3.18. The number of aromatic nitrogens is 2. The molecule has 1 heterocycles. The molecule has 0 aliphatic carbocycles. The summed E-state index contributed by atoms with van der Waals surface area (Å²) >= 11 is 2.43. The molecule has 0 unspecified atom stereocenters. The number of hydrogen-bond acceptors (Lipinski definition) is 8. The minimum absolute atomic E-state index is 0.000837. The van der Waals surface area contributed by atoms with Crippen molar-refractivity contribution in [1.82, 2.24) is 21.0 Å². The number of thioether (sulfide) groups is 1. The van der Waals surface area contributed by atoms with Crippen molar-refractivity contribution in [3.8, 4) is 5.75 Å². The Labute approximate surface area is 173 Å². The van der Waals surface area contributed by atoms with Crippen LogP contribution < -0.4 is 20.9 Å². The van der Waals surface area contributed by atoms with Crippen LogP contribution in [-0.2, 0) is 4.79 Å². The van der Waals surface area contributed by atoms with E-state index >= 15 is 0 Å². The van der Waals surface area contributed by atoms with E-state index in [1.807, 2.05) is 24.3 Å². The third-order valence-electron chi connectivity index (χ3n) is 3.52. The third-order valence-corrected chi connectivity index (χ3v) is 5.49. The van der Waals surface area contributed by atoms with Gasteiger partial charge in [-0.2, -0.15) is 0 Å². The lowest BCUT2D eigenvalue weighted by molar-refractivity contribution is -0.119. The summed E-state index contributed by atoms with van der Waals surface area (Å²) in [4.78, 5) is 23.8. The zero-order valence-electron chi connectivity index (χ0n) is 15.1. The van der Waals surface area contributed by atoms with E-state index in [0.717, 1.165) is 17.4 Å². The molecule has 3 N–H and O–H groups in total. The molecule has 2 aromatic carbocycles. The maximum Gasteiger partial charge on any atom is 0.272 e. The summed E-state index contributed by atoms with van der Waals surface area (Å²) in [7, 11) is 1.57. The van der Waals surface area contributed by atoms with Gasteiger partial charge < -0.3 is 10.1 Å². The summed E-state index contributed by atoms with van der Waals surface area (Å²) in [5.74, 6) is -1.20. The molecule has 0 radical (unpaired) electrons. The van der Waals surface area contributed by atoms with Gasteiger partial charge in [0.25, 0.3) is 5.91 Å². The van der Waals surface area contributed by atoms with E-state index in [9.17, 15) is 14.0 Å². The molecule has 0 bridgehead atoms. The van der Waals surface area contributed by atoms with Crippen LogP contribution >= 0.6 is 23.1 Å². The van der Waals surface area contributed by atoms with Crippen LogP contribution in [-0.4, -0.2) is 34.9 Å². The number of carbonyl (C=O) groups excluding carboxylic acids is 2. The first kappa shape index (κ1) is 20.6. The topological polar surface area (TPSA) is 105 Å². The highest BCUT2D eigenvalue weighted by molar-refractivity contribution is 8.01. The zero-order chi connectivity index (χ0) is 20.6. The largest absolute Gasteiger partial charge is 0.495 e. The van der Waals surface area contributed by atoms with E-state index in [1.165, 1.54) is 35.6 Å². The van der Waals surface area contributed by atoms with Crippen LogP contribution in [0.5, 0.6) is 5.75 Å². The van der Waals surface area contributed by atoms with Crippen LogP contribution in [0, 0.1) is 5.82 Å². The quantitative estimate of drug-likeness (QED) is 0.389. The lowest BCUT2D eigenvalue weighted by Gasteiger charge is -2.07. The predicted molar refractivity (Wildman–Crippen MR) is 109 cm³/mol. The Bertz CT molecular complexity index is 1010. The molecule has 0 aliphatic heterocycles. The molecule has 150 valence electrons. The van der Waals surface area contributed by atoms with Crippen molar-refractivity contribution >= 4 is 45.7 Å². The van der Waals surface area contributed by atoms with Gasteiger partial charge in [-0.15, -0.1) is 10.2 Å². The number of hydrazine groups is 1. The highest BCUT2D eigenvalue weighted by Gasteiger charge is 2.13. The Morgan fingerprint density at radius 2 is 1.86 bits per heavy atom. The van der Waals surface area contributed by atoms with Crippen LogP contribution in [0.1, 0.15) is 10.4 Å². The molecule has 0 saturated heterocycles. The summed E-state index contributed by atoms with van der Waals surface area (Å²) in [5.41, 5.74) is 5.00.